The summed E-state index contributed by atoms with van der Waals surface area (Å²) in [4.78, 5) is 0. The summed E-state index contributed by atoms with van der Waals surface area (Å²) in [6.07, 6.45) is 1.45. The lowest BCUT2D eigenvalue weighted by molar-refractivity contribution is -0.155. The smallest absolute Gasteiger partial charge is 0.178 e. The second-order valence-electron chi connectivity index (χ2n) is 4.55. The fourth-order valence-corrected chi connectivity index (χ4v) is 2.33. The summed E-state index contributed by atoms with van der Waals surface area (Å²) in [7, 11) is 1.90. The minimum atomic E-state index is -0.343. The lowest BCUT2D eigenvalue weighted by Crippen LogP contribution is -2.35. The van der Waals surface area contributed by atoms with E-state index in [-0.39, 0.29) is 12.3 Å². The maximum atomic E-state index is 5.72. The van der Waals surface area contributed by atoms with Crippen LogP contribution in [0.5, 0.6) is 0 Å². The maximum absolute atomic E-state index is 5.72. The average molecular weight is 289 g/mol. The first-order valence-corrected chi connectivity index (χ1v) is 7.31. The van der Waals surface area contributed by atoms with Crippen molar-refractivity contribution in [2.75, 3.05) is 20.3 Å². The average Bonchev–Trinajstić information content (AvgIpc) is 2.99. The molecule has 0 aliphatic carbocycles. The molecule has 0 aliphatic heterocycles. The topological polar surface area (TPSA) is 48.3 Å². The molecule has 21 heavy (non-hydrogen) atoms. The first-order chi connectivity index (χ1) is 10.3. The Morgan fingerprint density at radius 2 is 1.76 bits per heavy atom. The van der Waals surface area contributed by atoms with Crippen molar-refractivity contribution in [2.24, 2.45) is 0 Å². The van der Waals surface area contributed by atoms with E-state index in [4.69, 9.17) is 9.47 Å². The molecule has 114 valence electrons. The third-order valence-corrected chi connectivity index (χ3v) is 3.24. The molecule has 1 aromatic carbocycles. The van der Waals surface area contributed by atoms with Gasteiger partial charge >= 0.3 is 0 Å². The van der Waals surface area contributed by atoms with Gasteiger partial charge in [-0.1, -0.05) is 18.2 Å². The van der Waals surface area contributed by atoms with Gasteiger partial charge in [0.05, 0.1) is 11.4 Å². The van der Waals surface area contributed by atoms with Crippen LogP contribution < -0.4 is 5.32 Å². The molecule has 0 aliphatic rings. The molecule has 5 nitrogen and oxygen atoms in total. The second-order valence-corrected chi connectivity index (χ2v) is 4.55. The number of likely N-dealkylation sites (N-methyl/N-ethyl adjacent to an activating group) is 1. The highest BCUT2D eigenvalue weighted by Crippen LogP contribution is 2.22. The van der Waals surface area contributed by atoms with Crippen molar-refractivity contribution in [3.63, 3.8) is 0 Å². The van der Waals surface area contributed by atoms with Crippen LogP contribution >= 0.6 is 0 Å². The van der Waals surface area contributed by atoms with E-state index in [1.54, 1.807) is 6.20 Å². The molecule has 2 aromatic rings. The van der Waals surface area contributed by atoms with E-state index in [1.165, 1.54) is 0 Å². The highest BCUT2D eigenvalue weighted by atomic mass is 16.7. The molecule has 0 saturated heterocycles. The summed E-state index contributed by atoms with van der Waals surface area (Å²) in [5.74, 6) is 0. The zero-order chi connectivity index (χ0) is 15.1. The van der Waals surface area contributed by atoms with Crippen LogP contribution in [0.1, 0.15) is 25.6 Å². The van der Waals surface area contributed by atoms with Crippen LogP contribution in [-0.4, -0.2) is 36.3 Å². The van der Waals surface area contributed by atoms with E-state index in [0.717, 1.165) is 11.4 Å². The minimum Gasteiger partial charge on any atom is -0.351 e. The van der Waals surface area contributed by atoms with Crippen molar-refractivity contribution in [1.29, 1.82) is 0 Å². The van der Waals surface area contributed by atoms with Crippen LogP contribution in [0, 0.1) is 0 Å². The Hall–Kier alpha value is -1.69. The number of rotatable bonds is 8. The highest BCUT2D eigenvalue weighted by molar-refractivity contribution is 5.33. The van der Waals surface area contributed by atoms with Gasteiger partial charge in [-0.2, -0.15) is 5.10 Å². The Labute approximate surface area is 125 Å². The number of aromatic nitrogens is 2. The monoisotopic (exact) mass is 289 g/mol. The molecular weight excluding hydrogens is 266 g/mol. The van der Waals surface area contributed by atoms with Gasteiger partial charge in [-0.15, -0.1) is 0 Å². The van der Waals surface area contributed by atoms with Gasteiger partial charge in [-0.25, -0.2) is 4.68 Å². The number of ether oxygens (including phenoxy) is 2. The molecule has 0 bridgehead atoms. The van der Waals surface area contributed by atoms with Gasteiger partial charge in [0.2, 0.25) is 0 Å². The molecule has 0 saturated carbocycles. The number of nitrogens with one attached hydrogen (secondary N) is 1. The van der Waals surface area contributed by atoms with Crippen LogP contribution in [-0.2, 0) is 9.47 Å². The van der Waals surface area contributed by atoms with Crippen molar-refractivity contribution < 1.29 is 9.47 Å². The van der Waals surface area contributed by atoms with Crippen LogP contribution in [0.15, 0.2) is 42.6 Å². The molecular formula is C16H23N3O2. The summed E-state index contributed by atoms with van der Waals surface area (Å²) in [6.45, 7) is 5.13. The fraction of sp³-hybridized carbons (Fsp3) is 0.438. The molecule has 0 radical (unpaired) electrons. The molecule has 2 rings (SSSR count). The zero-order valence-electron chi connectivity index (χ0n) is 12.8. The van der Waals surface area contributed by atoms with Crippen molar-refractivity contribution in [2.45, 2.75) is 26.2 Å². The summed E-state index contributed by atoms with van der Waals surface area (Å²) in [5.41, 5.74) is 2.03. The standard InChI is InChI=1S/C16H23N3O2/c1-4-20-16(21-5-2)15(17-3)14-11-12-18-19(14)13-9-7-6-8-10-13/h6-12,15-17H,4-5H2,1-3H3. The molecule has 1 atom stereocenters. The number of nitrogens with zero attached hydrogens (tertiary/aromatic N) is 2. The molecule has 1 unspecified atom stereocenters. The zero-order valence-corrected chi connectivity index (χ0v) is 12.8. The Balaban J connectivity index is 2.32. The number of benzene rings is 1. The summed E-state index contributed by atoms with van der Waals surface area (Å²) >= 11 is 0. The van der Waals surface area contributed by atoms with Crippen LogP contribution in [0.2, 0.25) is 0 Å². The SMILES string of the molecule is CCOC(OCC)C(NC)c1ccnn1-c1ccccc1. The van der Waals surface area contributed by atoms with E-state index in [9.17, 15) is 0 Å². The van der Waals surface area contributed by atoms with E-state index in [0.29, 0.717) is 13.2 Å². The molecule has 1 aromatic heterocycles. The Morgan fingerprint density at radius 3 is 2.33 bits per heavy atom. The van der Waals surface area contributed by atoms with E-state index in [2.05, 4.69) is 10.4 Å². The summed E-state index contributed by atoms with van der Waals surface area (Å²) in [6, 6.07) is 11.9. The third-order valence-electron chi connectivity index (χ3n) is 3.24. The number of para-hydroxylation sites is 1. The lowest BCUT2D eigenvalue weighted by Gasteiger charge is -2.27. The van der Waals surface area contributed by atoms with Gasteiger partial charge in [-0.05, 0) is 39.1 Å². The van der Waals surface area contributed by atoms with Crippen molar-refractivity contribution in [3.05, 3.63) is 48.3 Å². The Bertz CT molecular complexity index is 521. The van der Waals surface area contributed by atoms with Gasteiger partial charge < -0.3 is 14.8 Å². The van der Waals surface area contributed by atoms with Gasteiger partial charge in [0.1, 0.15) is 6.04 Å². The van der Waals surface area contributed by atoms with Gasteiger partial charge in [0.15, 0.2) is 6.29 Å². The molecule has 0 amide bonds. The molecule has 5 heteroatoms. The first kappa shape index (κ1) is 15.7. The van der Waals surface area contributed by atoms with Gasteiger partial charge in [0.25, 0.3) is 0 Å². The molecule has 1 N–H and O–H groups in total. The summed E-state index contributed by atoms with van der Waals surface area (Å²) in [5, 5.41) is 7.70. The first-order valence-electron chi connectivity index (χ1n) is 7.31. The van der Waals surface area contributed by atoms with E-state index >= 15 is 0 Å². The van der Waals surface area contributed by atoms with Crippen molar-refractivity contribution in [3.8, 4) is 5.69 Å². The number of hydrogen-bond donors (Lipinski definition) is 1. The lowest BCUT2D eigenvalue weighted by atomic mass is 10.2. The van der Waals surface area contributed by atoms with E-state index < -0.39 is 0 Å². The summed E-state index contributed by atoms with van der Waals surface area (Å²) < 4.78 is 13.4. The predicted molar refractivity (Wildman–Crippen MR) is 82.4 cm³/mol. The van der Waals surface area contributed by atoms with Crippen LogP contribution in [0.25, 0.3) is 5.69 Å². The highest BCUT2D eigenvalue weighted by Gasteiger charge is 2.26. The third kappa shape index (κ3) is 3.69. The van der Waals surface area contributed by atoms with Crippen LogP contribution in [0.3, 0.4) is 0 Å². The fourth-order valence-electron chi connectivity index (χ4n) is 2.33. The van der Waals surface area contributed by atoms with Crippen molar-refractivity contribution in [1.82, 2.24) is 15.1 Å². The number of hydrogen-bond acceptors (Lipinski definition) is 4. The molecule has 0 fully saturated rings. The van der Waals surface area contributed by atoms with Crippen molar-refractivity contribution >= 4 is 0 Å². The largest absolute Gasteiger partial charge is 0.351 e. The Kier molecular flexibility index (Phi) is 5.92. The molecule has 0 spiro atoms. The van der Waals surface area contributed by atoms with Gasteiger partial charge in [0, 0.05) is 19.4 Å². The van der Waals surface area contributed by atoms with Gasteiger partial charge in [-0.3, -0.25) is 0 Å². The van der Waals surface area contributed by atoms with Crippen LogP contribution in [0.4, 0.5) is 0 Å². The second kappa shape index (κ2) is 7.93. The minimum absolute atomic E-state index is 0.0902. The molecule has 1 heterocycles. The van der Waals surface area contributed by atoms with E-state index in [1.807, 2.05) is 62.0 Å². The maximum Gasteiger partial charge on any atom is 0.178 e. The normalized spacial score (nSPS) is 12.8. The predicted octanol–water partition coefficient (Wildman–Crippen LogP) is 2.53. The quantitative estimate of drug-likeness (QED) is 0.759. The Morgan fingerprint density at radius 1 is 1.10 bits per heavy atom.